The number of rotatable bonds is 2. The van der Waals surface area contributed by atoms with Crippen molar-refractivity contribution < 1.29 is 9.13 Å². The van der Waals surface area contributed by atoms with Crippen molar-refractivity contribution >= 4 is 50.2 Å². The predicted molar refractivity (Wildman–Crippen MR) is 83.0 cm³/mol. The van der Waals surface area contributed by atoms with E-state index in [-0.39, 0.29) is 11.3 Å². The summed E-state index contributed by atoms with van der Waals surface area (Å²) >= 11 is 10.7. The maximum Gasteiger partial charge on any atom is 0.158 e. The SMILES string of the molecule is CSc1c(F)c(Cl)c(Br)c2cn(C3CCCCO3)nc12. The van der Waals surface area contributed by atoms with E-state index in [1.54, 1.807) is 4.68 Å². The van der Waals surface area contributed by atoms with Gasteiger partial charge in [0.25, 0.3) is 0 Å². The van der Waals surface area contributed by atoms with Gasteiger partial charge in [-0.2, -0.15) is 5.10 Å². The van der Waals surface area contributed by atoms with E-state index in [9.17, 15) is 4.39 Å². The number of thioether (sulfide) groups is 1. The fourth-order valence-corrected chi connectivity index (χ4v) is 3.75. The molecule has 1 aliphatic heterocycles. The third-order valence-electron chi connectivity index (χ3n) is 3.42. The molecule has 2 aromatic rings. The van der Waals surface area contributed by atoms with Crippen molar-refractivity contribution in [3.63, 3.8) is 0 Å². The molecule has 0 spiro atoms. The van der Waals surface area contributed by atoms with Gasteiger partial charge in [0.1, 0.15) is 11.7 Å². The molecule has 1 aromatic heterocycles. The van der Waals surface area contributed by atoms with Crippen molar-refractivity contribution in [3.8, 4) is 0 Å². The van der Waals surface area contributed by atoms with E-state index in [0.717, 1.165) is 31.3 Å². The molecule has 0 saturated carbocycles. The van der Waals surface area contributed by atoms with Gasteiger partial charge in [0.15, 0.2) is 5.82 Å². The van der Waals surface area contributed by atoms with Gasteiger partial charge in [-0.3, -0.25) is 0 Å². The molecular formula is C13H13BrClFN2OS. The van der Waals surface area contributed by atoms with Crippen LogP contribution in [0, 0.1) is 5.82 Å². The lowest BCUT2D eigenvalue weighted by Crippen LogP contribution is -2.18. The molecule has 1 atom stereocenters. The van der Waals surface area contributed by atoms with Gasteiger partial charge in [-0.25, -0.2) is 9.07 Å². The molecule has 2 heterocycles. The summed E-state index contributed by atoms with van der Waals surface area (Å²) in [5.74, 6) is -0.423. The van der Waals surface area contributed by atoms with Gasteiger partial charge in [0.2, 0.25) is 0 Å². The van der Waals surface area contributed by atoms with Crippen LogP contribution < -0.4 is 0 Å². The number of nitrogens with zero attached hydrogens (tertiary/aromatic N) is 2. The number of ether oxygens (including phenoxy) is 1. The van der Waals surface area contributed by atoms with Crippen LogP contribution in [0.4, 0.5) is 4.39 Å². The second-order valence-electron chi connectivity index (χ2n) is 4.67. The van der Waals surface area contributed by atoms with E-state index < -0.39 is 5.82 Å². The zero-order valence-corrected chi connectivity index (χ0v) is 14.0. The van der Waals surface area contributed by atoms with Crippen molar-refractivity contribution in [2.75, 3.05) is 12.9 Å². The number of halogens is 3. The summed E-state index contributed by atoms with van der Waals surface area (Å²) in [6.07, 6.45) is 6.75. The van der Waals surface area contributed by atoms with E-state index in [0.29, 0.717) is 14.9 Å². The Morgan fingerprint density at radius 1 is 1.55 bits per heavy atom. The molecule has 20 heavy (non-hydrogen) atoms. The first-order chi connectivity index (χ1) is 9.63. The van der Waals surface area contributed by atoms with Crippen LogP contribution in [0.5, 0.6) is 0 Å². The summed E-state index contributed by atoms with van der Waals surface area (Å²) in [5, 5.41) is 5.43. The summed E-state index contributed by atoms with van der Waals surface area (Å²) < 4.78 is 22.2. The van der Waals surface area contributed by atoms with Crippen LogP contribution >= 0.6 is 39.3 Å². The van der Waals surface area contributed by atoms with Gasteiger partial charge in [0, 0.05) is 18.2 Å². The van der Waals surface area contributed by atoms with Gasteiger partial charge in [-0.1, -0.05) is 11.6 Å². The molecular weight excluding hydrogens is 367 g/mol. The van der Waals surface area contributed by atoms with Crippen LogP contribution in [0.2, 0.25) is 5.02 Å². The van der Waals surface area contributed by atoms with Gasteiger partial charge < -0.3 is 4.74 Å². The summed E-state index contributed by atoms with van der Waals surface area (Å²) in [4.78, 5) is 0.475. The second kappa shape index (κ2) is 5.83. The molecule has 1 unspecified atom stereocenters. The highest BCUT2D eigenvalue weighted by atomic mass is 79.9. The fourth-order valence-electron chi connectivity index (χ4n) is 2.40. The normalized spacial score (nSPS) is 19.7. The van der Waals surface area contributed by atoms with Gasteiger partial charge in [0.05, 0.1) is 14.4 Å². The molecule has 1 aromatic carbocycles. The summed E-state index contributed by atoms with van der Waals surface area (Å²) in [6.45, 7) is 0.743. The average Bonchev–Trinajstić information content (AvgIpc) is 2.91. The molecule has 7 heteroatoms. The Morgan fingerprint density at radius 2 is 2.35 bits per heavy atom. The van der Waals surface area contributed by atoms with Crippen molar-refractivity contribution in [2.24, 2.45) is 0 Å². The molecule has 1 saturated heterocycles. The minimum Gasteiger partial charge on any atom is -0.357 e. The Morgan fingerprint density at radius 3 is 3.00 bits per heavy atom. The summed E-state index contributed by atoms with van der Waals surface area (Å²) in [5.41, 5.74) is 0.625. The van der Waals surface area contributed by atoms with Crippen molar-refractivity contribution in [3.05, 3.63) is 21.5 Å². The van der Waals surface area contributed by atoms with E-state index in [4.69, 9.17) is 16.3 Å². The number of hydrogen-bond acceptors (Lipinski definition) is 3. The standard InChI is InChI=1S/C13H13BrClFN2OS/c1-20-13-11(16)10(15)9(14)7-6-18(17-12(7)13)8-4-2-3-5-19-8/h6,8H,2-5H2,1H3. The smallest absolute Gasteiger partial charge is 0.158 e. The Bertz CT molecular complexity index is 658. The summed E-state index contributed by atoms with van der Waals surface area (Å²) in [7, 11) is 0. The number of benzene rings is 1. The van der Waals surface area contributed by atoms with Gasteiger partial charge >= 0.3 is 0 Å². The van der Waals surface area contributed by atoms with E-state index in [1.165, 1.54) is 11.8 Å². The second-order valence-corrected chi connectivity index (χ2v) is 6.66. The molecule has 108 valence electrons. The molecule has 0 bridgehead atoms. The molecule has 0 radical (unpaired) electrons. The fraction of sp³-hybridized carbons (Fsp3) is 0.462. The molecule has 0 N–H and O–H groups in total. The van der Waals surface area contributed by atoms with Crippen LogP contribution in [0.1, 0.15) is 25.5 Å². The highest BCUT2D eigenvalue weighted by molar-refractivity contribution is 9.10. The predicted octanol–water partition coefficient (Wildman–Crippen LogP) is 5.01. The maximum absolute atomic E-state index is 14.2. The Kier molecular flexibility index (Phi) is 4.26. The van der Waals surface area contributed by atoms with Crippen LogP contribution in [-0.4, -0.2) is 22.6 Å². The third-order valence-corrected chi connectivity index (χ3v) is 5.61. The van der Waals surface area contributed by atoms with Crippen LogP contribution in [0.15, 0.2) is 15.6 Å². The topological polar surface area (TPSA) is 27.1 Å². The van der Waals surface area contributed by atoms with E-state index in [2.05, 4.69) is 21.0 Å². The minimum absolute atomic E-state index is 0.0698. The van der Waals surface area contributed by atoms with Crippen molar-refractivity contribution in [2.45, 2.75) is 30.4 Å². The maximum atomic E-state index is 14.2. The Hall–Kier alpha value is -0.300. The van der Waals surface area contributed by atoms with Gasteiger partial charge in [-0.15, -0.1) is 11.8 Å². The molecule has 0 amide bonds. The number of fused-ring (bicyclic) bond motifs is 1. The lowest BCUT2D eigenvalue weighted by molar-refractivity contribution is -0.0391. The zero-order chi connectivity index (χ0) is 14.3. The average molecular weight is 380 g/mol. The molecule has 0 aliphatic carbocycles. The van der Waals surface area contributed by atoms with Crippen LogP contribution in [0.3, 0.4) is 0 Å². The zero-order valence-electron chi connectivity index (χ0n) is 10.8. The third kappa shape index (κ3) is 2.36. The monoisotopic (exact) mass is 378 g/mol. The lowest BCUT2D eigenvalue weighted by atomic mass is 10.2. The highest BCUT2D eigenvalue weighted by Gasteiger charge is 2.23. The molecule has 1 fully saturated rings. The number of aromatic nitrogens is 2. The largest absolute Gasteiger partial charge is 0.357 e. The van der Waals surface area contributed by atoms with Crippen LogP contribution in [0.25, 0.3) is 10.9 Å². The lowest BCUT2D eigenvalue weighted by Gasteiger charge is -2.22. The quantitative estimate of drug-likeness (QED) is 0.542. The van der Waals surface area contributed by atoms with Crippen LogP contribution in [-0.2, 0) is 4.74 Å². The number of hydrogen-bond donors (Lipinski definition) is 0. The van der Waals surface area contributed by atoms with Crippen molar-refractivity contribution in [1.82, 2.24) is 9.78 Å². The van der Waals surface area contributed by atoms with Crippen molar-refractivity contribution in [1.29, 1.82) is 0 Å². The summed E-state index contributed by atoms with van der Waals surface area (Å²) in [6, 6.07) is 0. The minimum atomic E-state index is -0.423. The molecule has 3 nitrogen and oxygen atoms in total. The van der Waals surface area contributed by atoms with E-state index >= 15 is 0 Å². The first kappa shape index (κ1) is 14.6. The first-order valence-electron chi connectivity index (χ1n) is 6.34. The highest BCUT2D eigenvalue weighted by Crippen LogP contribution is 2.40. The first-order valence-corrected chi connectivity index (χ1v) is 8.74. The Balaban J connectivity index is 2.16. The van der Waals surface area contributed by atoms with Gasteiger partial charge in [-0.05, 0) is 41.4 Å². The van der Waals surface area contributed by atoms with E-state index in [1.807, 2.05) is 12.5 Å². The Labute approximate surface area is 133 Å². The molecule has 3 rings (SSSR count). The molecule has 1 aliphatic rings.